The van der Waals surface area contributed by atoms with Gasteiger partial charge in [-0.05, 0) is 65.1 Å². The molecule has 3 aromatic rings. The van der Waals surface area contributed by atoms with Crippen molar-refractivity contribution < 1.29 is 23.5 Å². The number of rotatable bonds is 9. The van der Waals surface area contributed by atoms with E-state index in [1.54, 1.807) is 30.3 Å². The van der Waals surface area contributed by atoms with Crippen LogP contribution in [0.25, 0.3) is 0 Å². The Morgan fingerprint density at radius 2 is 1.75 bits per heavy atom. The van der Waals surface area contributed by atoms with Gasteiger partial charge in [-0.25, -0.2) is 4.39 Å². The molecular weight excluding hydrogens is 479 g/mol. The Morgan fingerprint density at radius 1 is 1.03 bits per heavy atom. The number of hydrogen-bond donors (Lipinski definition) is 1. The van der Waals surface area contributed by atoms with Gasteiger partial charge >= 0.3 is 0 Å². The number of methoxy groups -OCH3 is 2. The number of anilines is 1. The zero-order chi connectivity index (χ0) is 25.5. The second kappa shape index (κ2) is 12.0. The first kappa shape index (κ1) is 25.7. The third-order valence-corrected chi connectivity index (χ3v) is 7.23. The van der Waals surface area contributed by atoms with Crippen LogP contribution in [-0.4, -0.2) is 32.1 Å². The van der Waals surface area contributed by atoms with Gasteiger partial charge in [-0.2, -0.15) is 11.3 Å². The molecule has 1 heterocycles. The van der Waals surface area contributed by atoms with Gasteiger partial charge in [0.1, 0.15) is 11.9 Å². The van der Waals surface area contributed by atoms with Gasteiger partial charge in [0.2, 0.25) is 11.8 Å². The Bertz CT molecular complexity index is 1160. The summed E-state index contributed by atoms with van der Waals surface area (Å²) in [5, 5.41) is 7.00. The molecule has 4 rings (SSSR count). The lowest BCUT2D eigenvalue weighted by Gasteiger charge is -2.34. The van der Waals surface area contributed by atoms with Gasteiger partial charge in [-0.3, -0.25) is 14.5 Å². The van der Waals surface area contributed by atoms with Crippen LogP contribution in [0.5, 0.6) is 11.5 Å². The Morgan fingerprint density at radius 3 is 2.39 bits per heavy atom. The molecule has 0 bridgehead atoms. The molecular formula is C28H31FN2O4S. The maximum absolute atomic E-state index is 13.8. The summed E-state index contributed by atoms with van der Waals surface area (Å²) in [5.41, 5.74) is 1.88. The van der Waals surface area contributed by atoms with E-state index in [2.05, 4.69) is 5.32 Å². The van der Waals surface area contributed by atoms with E-state index in [9.17, 15) is 14.0 Å². The highest BCUT2D eigenvalue weighted by Gasteiger charge is 2.34. The molecule has 8 heteroatoms. The van der Waals surface area contributed by atoms with Crippen molar-refractivity contribution in [2.24, 2.45) is 0 Å². The topological polar surface area (TPSA) is 67.9 Å². The molecule has 1 fully saturated rings. The highest BCUT2D eigenvalue weighted by Crippen LogP contribution is 2.36. The predicted octanol–water partition coefficient (Wildman–Crippen LogP) is 5.67. The van der Waals surface area contributed by atoms with Crippen molar-refractivity contribution in [2.45, 2.75) is 50.6 Å². The van der Waals surface area contributed by atoms with E-state index in [-0.39, 0.29) is 24.3 Å². The van der Waals surface area contributed by atoms with Crippen molar-refractivity contribution in [2.75, 3.05) is 19.1 Å². The van der Waals surface area contributed by atoms with Crippen LogP contribution in [0.15, 0.2) is 59.3 Å². The number of halogens is 1. The quantitative estimate of drug-likeness (QED) is 0.403. The Hall–Kier alpha value is -3.39. The summed E-state index contributed by atoms with van der Waals surface area (Å²) >= 11 is 1.51. The second-order valence-electron chi connectivity index (χ2n) is 8.91. The number of benzene rings is 2. The Balaban J connectivity index is 1.78. The summed E-state index contributed by atoms with van der Waals surface area (Å²) in [5.74, 6) is -0.00601. The van der Waals surface area contributed by atoms with E-state index in [0.717, 1.165) is 37.7 Å². The van der Waals surface area contributed by atoms with Crippen molar-refractivity contribution >= 4 is 28.8 Å². The minimum absolute atomic E-state index is 0.0495. The number of carbonyl (C=O) groups excluding carboxylic acids is 2. The van der Waals surface area contributed by atoms with E-state index < -0.39 is 11.9 Å². The van der Waals surface area contributed by atoms with Crippen LogP contribution in [0.3, 0.4) is 0 Å². The molecule has 0 radical (unpaired) electrons. The largest absolute Gasteiger partial charge is 0.493 e. The molecule has 190 valence electrons. The van der Waals surface area contributed by atoms with Crippen LogP contribution in [0.4, 0.5) is 10.1 Å². The average molecular weight is 511 g/mol. The minimum Gasteiger partial charge on any atom is -0.493 e. The molecule has 1 N–H and O–H groups in total. The van der Waals surface area contributed by atoms with Gasteiger partial charge in [0.15, 0.2) is 11.5 Å². The first-order valence-corrected chi connectivity index (χ1v) is 13.1. The summed E-state index contributed by atoms with van der Waals surface area (Å²) in [4.78, 5) is 29.2. The molecule has 1 aliphatic rings. The SMILES string of the molecule is COc1ccc(N(C(=O)Cc2ccsc2)[C@H](C(=O)NC2CCCCC2)c2ccc(F)cc2)cc1OC. The van der Waals surface area contributed by atoms with E-state index in [4.69, 9.17) is 9.47 Å². The number of hydrogen-bond acceptors (Lipinski definition) is 5. The first-order chi connectivity index (χ1) is 17.5. The molecule has 1 aromatic heterocycles. The standard InChI is InChI=1S/C28H31FN2O4S/c1-34-24-13-12-23(17-25(24)35-2)31(26(32)16-19-14-15-36-18-19)27(20-8-10-21(29)11-9-20)28(33)30-22-6-4-3-5-7-22/h8-15,17-18,22,27H,3-7,16H2,1-2H3,(H,30,33)/t27-/m0/s1. The van der Waals surface area contributed by atoms with Gasteiger partial charge in [0.05, 0.1) is 20.6 Å². The number of amides is 2. The highest BCUT2D eigenvalue weighted by molar-refractivity contribution is 7.08. The highest BCUT2D eigenvalue weighted by atomic mass is 32.1. The first-order valence-electron chi connectivity index (χ1n) is 12.1. The monoisotopic (exact) mass is 510 g/mol. The summed E-state index contributed by atoms with van der Waals surface area (Å²) < 4.78 is 24.7. The van der Waals surface area contributed by atoms with E-state index >= 15 is 0 Å². The fourth-order valence-corrected chi connectivity index (χ4v) is 5.32. The van der Waals surface area contributed by atoms with Gasteiger partial charge in [-0.1, -0.05) is 31.4 Å². The van der Waals surface area contributed by atoms with Crippen molar-refractivity contribution in [3.63, 3.8) is 0 Å². The number of nitrogens with one attached hydrogen (secondary N) is 1. The molecule has 0 saturated heterocycles. The molecule has 2 amide bonds. The fourth-order valence-electron chi connectivity index (χ4n) is 4.65. The van der Waals surface area contributed by atoms with Crippen molar-refractivity contribution in [3.05, 3.63) is 76.2 Å². The van der Waals surface area contributed by atoms with Crippen LogP contribution in [0.2, 0.25) is 0 Å². The third kappa shape index (κ3) is 6.05. The van der Waals surface area contributed by atoms with Crippen LogP contribution in [0.1, 0.15) is 49.3 Å². The molecule has 2 aromatic carbocycles. The van der Waals surface area contributed by atoms with E-state index in [1.165, 1.54) is 42.6 Å². The molecule has 1 saturated carbocycles. The second-order valence-corrected chi connectivity index (χ2v) is 9.69. The number of carbonyl (C=O) groups is 2. The van der Waals surface area contributed by atoms with Gasteiger partial charge in [0.25, 0.3) is 0 Å². The fraction of sp³-hybridized carbons (Fsp3) is 0.357. The van der Waals surface area contributed by atoms with Gasteiger partial charge in [0, 0.05) is 17.8 Å². The number of nitrogens with zero attached hydrogens (tertiary/aromatic N) is 1. The number of thiophene rings is 1. The summed E-state index contributed by atoms with van der Waals surface area (Å²) in [6, 6.07) is 11.8. The van der Waals surface area contributed by atoms with E-state index in [0.29, 0.717) is 22.7 Å². The molecule has 0 aliphatic heterocycles. The smallest absolute Gasteiger partial charge is 0.248 e. The molecule has 0 spiro atoms. The molecule has 36 heavy (non-hydrogen) atoms. The third-order valence-electron chi connectivity index (χ3n) is 6.49. The Labute approximate surface area is 215 Å². The minimum atomic E-state index is -0.989. The summed E-state index contributed by atoms with van der Waals surface area (Å²) in [7, 11) is 3.06. The Kier molecular flexibility index (Phi) is 8.59. The summed E-state index contributed by atoms with van der Waals surface area (Å²) in [6.45, 7) is 0. The molecule has 0 unspecified atom stereocenters. The van der Waals surface area contributed by atoms with Crippen molar-refractivity contribution in [1.82, 2.24) is 5.32 Å². The lowest BCUT2D eigenvalue weighted by Crippen LogP contribution is -2.47. The maximum Gasteiger partial charge on any atom is 0.248 e. The summed E-state index contributed by atoms with van der Waals surface area (Å²) in [6.07, 6.45) is 5.20. The number of ether oxygens (including phenoxy) is 2. The normalized spacial score (nSPS) is 14.6. The van der Waals surface area contributed by atoms with Crippen LogP contribution in [0, 0.1) is 5.82 Å². The molecule has 6 nitrogen and oxygen atoms in total. The molecule has 1 atom stereocenters. The van der Waals surface area contributed by atoms with Crippen LogP contribution < -0.4 is 19.7 Å². The van der Waals surface area contributed by atoms with Crippen molar-refractivity contribution in [1.29, 1.82) is 0 Å². The maximum atomic E-state index is 13.8. The van der Waals surface area contributed by atoms with Crippen LogP contribution in [-0.2, 0) is 16.0 Å². The van der Waals surface area contributed by atoms with Crippen molar-refractivity contribution in [3.8, 4) is 11.5 Å². The van der Waals surface area contributed by atoms with Crippen LogP contribution >= 0.6 is 11.3 Å². The zero-order valence-electron chi connectivity index (χ0n) is 20.5. The molecule has 1 aliphatic carbocycles. The lowest BCUT2D eigenvalue weighted by atomic mass is 9.94. The van der Waals surface area contributed by atoms with Gasteiger partial charge in [-0.15, -0.1) is 0 Å². The van der Waals surface area contributed by atoms with E-state index in [1.807, 2.05) is 16.8 Å². The lowest BCUT2D eigenvalue weighted by molar-refractivity contribution is -0.127. The predicted molar refractivity (Wildman–Crippen MR) is 139 cm³/mol. The van der Waals surface area contributed by atoms with Gasteiger partial charge < -0.3 is 14.8 Å². The average Bonchev–Trinajstić information content (AvgIpc) is 3.41. The zero-order valence-corrected chi connectivity index (χ0v) is 21.4.